The molecule has 3 heteroatoms. The average Bonchev–Trinajstić information content (AvgIpc) is 2.80. The first-order valence-electron chi connectivity index (χ1n) is 6.55. The second-order valence-corrected chi connectivity index (χ2v) is 6.15. The van der Waals surface area contributed by atoms with E-state index in [1.807, 2.05) is 12.3 Å². The second-order valence-electron chi connectivity index (χ2n) is 5.29. The Bertz CT molecular complexity index is 359. The SMILES string of the molecule is CC(C)CN(c1ncccc1Br)C1CCCC1. The van der Waals surface area contributed by atoms with Gasteiger partial charge >= 0.3 is 0 Å². The van der Waals surface area contributed by atoms with Crippen LogP contribution in [0.3, 0.4) is 0 Å². The molecule has 0 bridgehead atoms. The molecule has 0 aliphatic heterocycles. The lowest BCUT2D eigenvalue weighted by Gasteiger charge is -2.32. The molecule has 1 aromatic heterocycles. The van der Waals surface area contributed by atoms with Crippen LogP contribution in [0, 0.1) is 5.92 Å². The molecule has 0 saturated heterocycles. The van der Waals surface area contributed by atoms with Crippen molar-refractivity contribution in [2.45, 2.75) is 45.6 Å². The number of halogens is 1. The number of anilines is 1. The molecule has 0 aromatic carbocycles. The molecule has 1 fully saturated rings. The highest BCUT2D eigenvalue weighted by atomic mass is 79.9. The summed E-state index contributed by atoms with van der Waals surface area (Å²) in [6, 6.07) is 4.75. The summed E-state index contributed by atoms with van der Waals surface area (Å²) >= 11 is 3.63. The molecule has 1 saturated carbocycles. The highest BCUT2D eigenvalue weighted by Crippen LogP contribution is 2.31. The summed E-state index contributed by atoms with van der Waals surface area (Å²) < 4.78 is 1.12. The topological polar surface area (TPSA) is 16.1 Å². The Balaban J connectivity index is 2.22. The lowest BCUT2D eigenvalue weighted by atomic mass is 10.1. The quantitative estimate of drug-likeness (QED) is 0.826. The molecule has 0 atom stereocenters. The predicted molar refractivity (Wildman–Crippen MR) is 76.4 cm³/mol. The zero-order valence-electron chi connectivity index (χ0n) is 10.7. The molecule has 1 heterocycles. The zero-order chi connectivity index (χ0) is 12.3. The molecule has 0 N–H and O–H groups in total. The van der Waals surface area contributed by atoms with Gasteiger partial charge in [0.25, 0.3) is 0 Å². The largest absolute Gasteiger partial charge is 0.352 e. The van der Waals surface area contributed by atoms with E-state index in [0.29, 0.717) is 12.0 Å². The van der Waals surface area contributed by atoms with E-state index in [0.717, 1.165) is 16.8 Å². The van der Waals surface area contributed by atoms with Crippen LogP contribution >= 0.6 is 15.9 Å². The van der Waals surface area contributed by atoms with Crippen molar-refractivity contribution >= 4 is 21.7 Å². The van der Waals surface area contributed by atoms with Crippen LogP contribution in [0.2, 0.25) is 0 Å². The highest BCUT2D eigenvalue weighted by molar-refractivity contribution is 9.10. The van der Waals surface area contributed by atoms with E-state index in [2.05, 4.69) is 45.7 Å². The summed E-state index contributed by atoms with van der Waals surface area (Å²) in [7, 11) is 0. The Labute approximate surface area is 113 Å². The van der Waals surface area contributed by atoms with E-state index in [4.69, 9.17) is 0 Å². The summed E-state index contributed by atoms with van der Waals surface area (Å²) in [4.78, 5) is 7.06. The molecule has 94 valence electrons. The van der Waals surface area contributed by atoms with Gasteiger partial charge in [0.2, 0.25) is 0 Å². The van der Waals surface area contributed by atoms with Gasteiger partial charge < -0.3 is 4.90 Å². The van der Waals surface area contributed by atoms with Gasteiger partial charge in [-0.15, -0.1) is 0 Å². The summed E-state index contributed by atoms with van der Waals surface area (Å²) in [5.41, 5.74) is 0. The Morgan fingerprint density at radius 1 is 1.41 bits per heavy atom. The van der Waals surface area contributed by atoms with Crippen LogP contribution < -0.4 is 4.90 Å². The van der Waals surface area contributed by atoms with Crippen LogP contribution in [-0.2, 0) is 0 Å². The van der Waals surface area contributed by atoms with Gasteiger partial charge in [0.05, 0.1) is 4.47 Å². The van der Waals surface area contributed by atoms with Gasteiger partial charge in [-0.1, -0.05) is 26.7 Å². The number of hydrogen-bond acceptors (Lipinski definition) is 2. The van der Waals surface area contributed by atoms with E-state index in [9.17, 15) is 0 Å². The minimum absolute atomic E-state index is 0.671. The van der Waals surface area contributed by atoms with Gasteiger partial charge in [-0.2, -0.15) is 0 Å². The first-order valence-corrected chi connectivity index (χ1v) is 7.35. The van der Waals surface area contributed by atoms with E-state index in [1.165, 1.54) is 25.7 Å². The first kappa shape index (κ1) is 12.9. The van der Waals surface area contributed by atoms with Crippen molar-refractivity contribution in [3.8, 4) is 0 Å². The van der Waals surface area contributed by atoms with E-state index in [1.54, 1.807) is 0 Å². The van der Waals surface area contributed by atoms with Gasteiger partial charge in [-0.05, 0) is 46.8 Å². The molecular formula is C14H21BrN2. The monoisotopic (exact) mass is 296 g/mol. The Morgan fingerprint density at radius 3 is 2.71 bits per heavy atom. The van der Waals surface area contributed by atoms with E-state index < -0.39 is 0 Å². The maximum absolute atomic E-state index is 4.56. The normalized spacial score (nSPS) is 16.7. The third kappa shape index (κ3) is 3.21. The number of pyridine rings is 1. The lowest BCUT2D eigenvalue weighted by molar-refractivity contribution is 0.530. The fourth-order valence-electron chi connectivity index (χ4n) is 2.61. The Hall–Kier alpha value is -0.570. The molecule has 2 nitrogen and oxygen atoms in total. The van der Waals surface area contributed by atoms with Crippen LogP contribution in [0.4, 0.5) is 5.82 Å². The standard InChI is InChI=1S/C14H21BrN2/c1-11(2)10-17(12-6-3-4-7-12)14-13(15)8-5-9-16-14/h5,8-9,11-12H,3-4,6-7,10H2,1-2H3. The molecule has 0 unspecified atom stereocenters. The van der Waals surface area contributed by atoms with Gasteiger partial charge in [-0.3, -0.25) is 0 Å². The number of nitrogens with zero attached hydrogens (tertiary/aromatic N) is 2. The molecule has 1 aromatic rings. The fourth-order valence-corrected chi connectivity index (χ4v) is 3.09. The molecule has 0 amide bonds. The van der Waals surface area contributed by atoms with Crippen molar-refractivity contribution < 1.29 is 0 Å². The van der Waals surface area contributed by atoms with Crippen LogP contribution in [-0.4, -0.2) is 17.6 Å². The van der Waals surface area contributed by atoms with Gasteiger partial charge in [0.1, 0.15) is 5.82 Å². The Kier molecular flexibility index (Phi) is 4.43. The molecule has 2 rings (SSSR count). The van der Waals surface area contributed by atoms with Crippen molar-refractivity contribution in [2.75, 3.05) is 11.4 Å². The van der Waals surface area contributed by atoms with Crippen LogP contribution in [0.15, 0.2) is 22.8 Å². The zero-order valence-corrected chi connectivity index (χ0v) is 12.3. The number of aromatic nitrogens is 1. The lowest BCUT2D eigenvalue weighted by Crippen LogP contribution is -2.37. The average molecular weight is 297 g/mol. The van der Waals surface area contributed by atoms with E-state index >= 15 is 0 Å². The summed E-state index contributed by atoms with van der Waals surface area (Å²) in [6.07, 6.45) is 7.25. The summed E-state index contributed by atoms with van der Waals surface area (Å²) in [5.74, 6) is 1.79. The second kappa shape index (κ2) is 5.85. The molecule has 0 radical (unpaired) electrons. The van der Waals surface area contributed by atoms with Gasteiger partial charge in [-0.25, -0.2) is 4.98 Å². The number of rotatable bonds is 4. The maximum atomic E-state index is 4.56. The minimum atomic E-state index is 0.671. The van der Waals surface area contributed by atoms with Crippen LogP contribution in [0.5, 0.6) is 0 Å². The van der Waals surface area contributed by atoms with Gasteiger partial charge in [0, 0.05) is 18.8 Å². The first-order chi connectivity index (χ1) is 8.18. The van der Waals surface area contributed by atoms with Crippen molar-refractivity contribution in [3.63, 3.8) is 0 Å². The van der Waals surface area contributed by atoms with Crippen molar-refractivity contribution in [1.29, 1.82) is 0 Å². The van der Waals surface area contributed by atoms with Crippen molar-refractivity contribution in [3.05, 3.63) is 22.8 Å². The third-order valence-electron chi connectivity index (χ3n) is 3.34. The predicted octanol–water partition coefficient (Wildman–Crippen LogP) is 4.25. The fraction of sp³-hybridized carbons (Fsp3) is 0.643. The Morgan fingerprint density at radius 2 is 2.12 bits per heavy atom. The van der Waals surface area contributed by atoms with Gasteiger partial charge in [0.15, 0.2) is 0 Å². The maximum Gasteiger partial charge on any atom is 0.143 e. The van der Waals surface area contributed by atoms with Crippen molar-refractivity contribution in [1.82, 2.24) is 4.98 Å². The van der Waals surface area contributed by atoms with E-state index in [-0.39, 0.29) is 0 Å². The summed E-state index contributed by atoms with van der Waals surface area (Å²) in [6.45, 7) is 5.65. The molecule has 1 aliphatic rings. The number of hydrogen-bond donors (Lipinski definition) is 0. The third-order valence-corrected chi connectivity index (χ3v) is 3.96. The molecular weight excluding hydrogens is 276 g/mol. The van der Waals surface area contributed by atoms with Crippen LogP contribution in [0.1, 0.15) is 39.5 Å². The smallest absolute Gasteiger partial charge is 0.143 e. The molecule has 1 aliphatic carbocycles. The van der Waals surface area contributed by atoms with Crippen molar-refractivity contribution in [2.24, 2.45) is 5.92 Å². The highest BCUT2D eigenvalue weighted by Gasteiger charge is 2.25. The minimum Gasteiger partial charge on any atom is -0.352 e. The van der Waals surface area contributed by atoms with Crippen LogP contribution in [0.25, 0.3) is 0 Å². The summed E-state index contributed by atoms with van der Waals surface area (Å²) in [5, 5.41) is 0. The molecule has 0 spiro atoms. The molecule has 17 heavy (non-hydrogen) atoms.